The van der Waals surface area contributed by atoms with Crippen molar-refractivity contribution in [3.05, 3.63) is 76.7 Å². The highest BCUT2D eigenvalue weighted by Crippen LogP contribution is 2.40. The highest BCUT2D eigenvalue weighted by atomic mass is 35.6. The van der Waals surface area contributed by atoms with Crippen LogP contribution in [0.2, 0.25) is 0 Å². The molecular formula is C21H19Cl3N4O3S. The molecule has 0 amide bonds. The lowest BCUT2D eigenvalue weighted by molar-refractivity contribution is -0.132. The fraction of sp³-hybridized carbons (Fsp3) is 0.381. The number of alkyl halides is 3. The molecule has 0 unspecified atom stereocenters. The number of fused-ring (bicyclic) bond motifs is 1. The number of halogens is 3. The Morgan fingerprint density at radius 3 is 2.47 bits per heavy atom. The largest absolute Gasteiger partial charge is 0.475 e. The second-order valence-electron chi connectivity index (χ2n) is 7.16. The van der Waals surface area contributed by atoms with Gasteiger partial charge in [0, 0.05) is 9.81 Å². The maximum atomic E-state index is 9.30. The highest BCUT2D eigenvalue weighted by molar-refractivity contribution is 7.99. The van der Waals surface area contributed by atoms with Crippen molar-refractivity contribution >= 4 is 52.5 Å². The monoisotopic (exact) mass is 512 g/mol. The van der Waals surface area contributed by atoms with Crippen LogP contribution >= 0.6 is 46.6 Å². The van der Waals surface area contributed by atoms with E-state index in [0.29, 0.717) is 6.61 Å². The molecule has 4 rings (SSSR count). The Labute approximate surface area is 204 Å². The fourth-order valence-electron chi connectivity index (χ4n) is 3.56. The molecule has 11 heteroatoms. The molecule has 1 saturated heterocycles. The molecule has 2 heterocycles. The van der Waals surface area contributed by atoms with Crippen molar-refractivity contribution in [2.75, 3.05) is 6.61 Å². The summed E-state index contributed by atoms with van der Waals surface area (Å²) in [6, 6.07) is 18.2. The van der Waals surface area contributed by atoms with Crippen LogP contribution < -0.4 is 0 Å². The molecule has 32 heavy (non-hydrogen) atoms. The zero-order chi connectivity index (χ0) is 22.6. The molecule has 1 fully saturated rings. The summed E-state index contributed by atoms with van der Waals surface area (Å²) in [6.07, 6.45) is -1.07. The van der Waals surface area contributed by atoms with E-state index in [1.807, 2.05) is 60.7 Å². The lowest BCUT2D eigenvalue weighted by Gasteiger charge is -2.45. The van der Waals surface area contributed by atoms with Gasteiger partial charge in [-0.25, -0.2) is 4.99 Å². The number of benzene rings is 2. The Balaban J connectivity index is 1.66. The van der Waals surface area contributed by atoms with Gasteiger partial charge in [-0.1, -0.05) is 100 Å². The summed E-state index contributed by atoms with van der Waals surface area (Å²) in [4.78, 5) is 8.52. The van der Waals surface area contributed by atoms with E-state index >= 15 is 0 Å². The van der Waals surface area contributed by atoms with Crippen LogP contribution in [0.5, 0.6) is 0 Å². The summed E-state index contributed by atoms with van der Waals surface area (Å²) in [6.45, 7) is 0.436. The number of ether oxygens (including phenoxy) is 3. The van der Waals surface area contributed by atoms with Crippen LogP contribution in [0.15, 0.2) is 75.7 Å². The van der Waals surface area contributed by atoms with Crippen molar-refractivity contribution in [1.29, 1.82) is 0 Å². The third kappa shape index (κ3) is 5.64. The molecule has 0 radical (unpaired) electrons. The average molecular weight is 514 g/mol. The first-order valence-electron chi connectivity index (χ1n) is 9.80. The first-order chi connectivity index (χ1) is 15.5. The van der Waals surface area contributed by atoms with E-state index < -0.39 is 33.5 Å². The van der Waals surface area contributed by atoms with Crippen molar-refractivity contribution < 1.29 is 14.2 Å². The molecular weight excluding hydrogens is 495 g/mol. The van der Waals surface area contributed by atoms with Crippen molar-refractivity contribution in [3.8, 4) is 0 Å². The summed E-state index contributed by atoms with van der Waals surface area (Å²) in [5.74, 6) is -0.0329. The quantitative estimate of drug-likeness (QED) is 0.207. The van der Waals surface area contributed by atoms with Crippen LogP contribution in [0.4, 0.5) is 0 Å². The van der Waals surface area contributed by atoms with Gasteiger partial charge in [-0.05, 0) is 23.2 Å². The number of rotatable bonds is 6. The van der Waals surface area contributed by atoms with E-state index in [1.54, 1.807) is 0 Å². The maximum absolute atomic E-state index is 9.30. The van der Waals surface area contributed by atoms with Gasteiger partial charge < -0.3 is 14.2 Å². The molecule has 0 spiro atoms. The van der Waals surface area contributed by atoms with Gasteiger partial charge in [-0.3, -0.25) is 0 Å². The van der Waals surface area contributed by atoms with E-state index in [4.69, 9.17) is 49.0 Å². The van der Waals surface area contributed by atoms with E-state index in [9.17, 15) is 5.53 Å². The summed E-state index contributed by atoms with van der Waals surface area (Å²) >= 11 is 19.5. The maximum Gasteiger partial charge on any atom is 0.266 e. The zero-order valence-electron chi connectivity index (χ0n) is 16.6. The summed E-state index contributed by atoms with van der Waals surface area (Å²) < 4.78 is 16.3. The molecule has 2 aliphatic rings. The van der Waals surface area contributed by atoms with E-state index in [2.05, 4.69) is 15.0 Å². The van der Waals surface area contributed by atoms with E-state index in [1.165, 1.54) is 11.8 Å². The fourth-order valence-corrected chi connectivity index (χ4v) is 5.00. The molecule has 0 saturated carbocycles. The van der Waals surface area contributed by atoms with E-state index in [-0.39, 0.29) is 12.5 Å². The van der Waals surface area contributed by atoms with Gasteiger partial charge in [0.2, 0.25) is 5.90 Å². The lowest BCUT2D eigenvalue weighted by Crippen LogP contribution is -2.59. The van der Waals surface area contributed by atoms with Gasteiger partial charge >= 0.3 is 0 Å². The lowest BCUT2D eigenvalue weighted by atomic mass is 9.95. The van der Waals surface area contributed by atoms with Gasteiger partial charge in [-0.15, -0.1) is 0 Å². The van der Waals surface area contributed by atoms with Crippen LogP contribution in [0, 0.1) is 0 Å². The smallest absolute Gasteiger partial charge is 0.266 e. The molecule has 0 bridgehead atoms. The molecule has 7 nitrogen and oxygen atoms in total. The molecule has 0 aromatic heterocycles. The minimum atomic E-state index is -1.82. The Morgan fingerprint density at radius 1 is 1.12 bits per heavy atom. The van der Waals surface area contributed by atoms with Crippen molar-refractivity contribution in [1.82, 2.24) is 0 Å². The number of hydrogen-bond acceptors (Lipinski definition) is 6. The second-order valence-corrected chi connectivity index (χ2v) is 10.6. The zero-order valence-corrected chi connectivity index (χ0v) is 19.7. The van der Waals surface area contributed by atoms with Crippen LogP contribution in [0.1, 0.15) is 5.56 Å². The first kappa shape index (κ1) is 23.5. The molecule has 2 aromatic carbocycles. The van der Waals surface area contributed by atoms with Crippen LogP contribution in [-0.4, -0.2) is 46.0 Å². The predicted molar refractivity (Wildman–Crippen MR) is 126 cm³/mol. The minimum absolute atomic E-state index is 0.0329. The first-order valence-corrected chi connectivity index (χ1v) is 11.8. The Morgan fingerprint density at radius 2 is 1.81 bits per heavy atom. The number of hydrogen-bond donors (Lipinski definition) is 0. The second kappa shape index (κ2) is 10.5. The number of nitrogens with zero attached hydrogens (tertiary/aromatic N) is 4. The third-order valence-electron chi connectivity index (χ3n) is 5.00. The molecule has 2 aromatic rings. The number of thioether (sulfide) groups is 1. The van der Waals surface area contributed by atoms with Crippen LogP contribution in [0.3, 0.4) is 0 Å². The third-order valence-corrected chi connectivity index (χ3v) is 6.65. The predicted octanol–water partition coefficient (Wildman–Crippen LogP) is 5.94. The Kier molecular flexibility index (Phi) is 7.74. The van der Waals surface area contributed by atoms with Gasteiger partial charge in [0.1, 0.15) is 30.2 Å². The van der Waals surface area contributed by atoms with Crippen molar-refractivity contribution in [3.63, 3.8) is 0 Å². The SMILES string of the molecule is [N-]=[N+]=N[C@@H]1[C@@H](OCc2ccccc2)[C@H]2N=C(C(Cl)(Cl)Cl)OC[C@H]2O[C@H]1Sc1ccccc1. The molecule has 168 valence electrons. The van der Waals surface area contributed by atoms with Gasteiger partial charge in [0.15, 0.2) is 0 Å². The molecule has 5 atom stereocenters. The Bertz CT molecular complexity index is 987. The average Bonchev–Trinajstić information content (AvgIpc) is 2.79. The van der Waals surface area contributed by atoms with Gasteiger partial charge in [0.05, 0.1) is 12.7 Å². The van der Waals surface area contributed by atoms with Crippen molar-refractivity contribution in [2.24, 2.45) is 10.1 Å². The molecule has 0 aliphatic carbocycles. The number of aliphatic imine (C=N–C) groups is 1. The standard InChI is InChI=1S/C21H19Cl3N4O3S/c22-21(23,24)20-26-16-15(12-30-20)31-19(32-14-9-5-2-6-10-14)17(27-28-25)18(16)29-11-13-7-3-1-4-8-13/h1-10,15-19H,11-12H2/t15-,16+,17-,18+,19+/m1/s1. The normalized spacial score (nSPS) is 27.5. The summed E-state index contributed by atoms with van der Waals surface area (Å²) in [5.41, 5.74) is 9.76. The van der Waals surface area contributed by atoms with Crippen LogP contribution in [-0.2, 0) is 20.8 Å². The van der Waals surface area contributed by atoms with Crippen LogP contribution in [0.25, 0.3) is 10.4 Å². The summed E-state index contributed by atoms with van der Waals surface area (Å²) in [7, 11) is 0. The number of azide groups is 1. The van der Waals surface area contributed by atoms with Crippen molar-refractivity contribution in [2.45, 2.75) is 45.0 Å². The molecule has 2 aliphatic heterocycles. The Hall–Kier alpha value is -1.64. The van der Waals surface area contributed by atoms with E-state index in [0.717, 1.165) is 10.5 Å². The topological polar surface area (TPSA) is 88.8 Å². The summed E-state index contributed by atoms with van der Waals surface area (Å²) in [5, 5.41) is 4.03. The minimum Gasteiger partial charge on any atom is -0.475 e. The van der Waals surface area contributed by atoms with Gasteiger partial charge in [0.25, 0.3) is 3.79 Å². The molecule has 0 N–H and O–H groups in total. The highest BCUT2D eigenvalue weighted by Gasteiger charge is 2.50. The van der Waals surface area contributed by atoms with Gasteiger partial charge in [-0.2, -0.15) is 0 Å².